The Morgan fingerprint density at radius 3 is 0.637 bits per heavy atom. The Hall–Kier alpha value is -10.7. The van der Waals surface area contributed by atoms with E-state index in [1.165, 1.54) is 0 Å². The van der Waals surface area contributed by atoms with E-state index in [-0.39, 0.29) is 48.7 Å². The standard InChI is InChI=1S/C68H48N4O8/c73-65(77-37-41-21-5-1-6-22-41)53-57-45-29-13-15-31-47(45)59(69-57)54(66(74)78-38-42-23-7-2-8-24-42)61-49-33-17-19-35-51(49)63(71-61)56(68(76)80-40-44-27-11-4-12-28-44)64-52-36-20-18-34-50(52)62(72-64)55(67(75)79-39-43-25-9-3-10-26-43)60-48-32-16-14-30-46(48)58(53)70-60/h1-36,69-72H,37-40H2. The predicted molar refractivity (Wildman–Crippen MR) is 307 cm³/mol. The molecule has 13 rings (SSSR count). The van der Waals surface area contributed by atoms with Crippen LogP contribution >= 0.6 is 0 Å². The number of aromatic amines is 4. The third-order valence-corrected chi connectivity index (χ3v) is 14.5. The summed E-state index contributed by atoms with van der Waals surface area (Å²) in [5.74, 6) is -2.77. The summed E-state index contributed by atoms with van der Waals surface area (Å²) in [6, 6.07) is 67.4. The third kappa shape index (κ3) is 8.99. The van der Waals surface area contributed by atoms with Crippen LogP contribution in [-0.4, -0.2) is 43.8 Å². The highest BCUT2D eigenvalue weighted by molar-refractivity contribution is 6.27. The topological polar surface area (TPSA) is 168 Å². The Balaban J connectivity index is 1.20. The predicted octanol–water partition coefficient (Wildman–Crippen LogP) is 9.69. The number of rotatable bonds is 12. The molecule has 0 spiro atoms. The lowest BCUT2D eigenvalue weighted by molar-refractivity contribution is -0.138. The minimum atomic E-state index is -0.693. The summed E-state index contributed by atoms with van der Waals surface area (Å²) in [4.78, 5) is 76.4. The van der Waals surface area contributed by atoms with Gasteiger partial charge in [0.2, 0.25) is 0 Å². The fourth-order valence-electron chi connectivity index (χ4n) is 10.8. The molecule has 0 amide bonds. The van der Waals surface area contributed by atoms with Gasteiger partial charge in [-0.3, -0.25) is 0 Å². The van der Waals surface area contributed by atoms with E-state index in [0.29, 0.717) is 87.3 Å². The zero-order chi connectivity index (χ0) is 54.1. The molecule has 8 aromatic carbocycles. The lowest BCUT2D eigenvalue weighted by Gasteiger charge is -2.10. The number of hydrogen-bond acceptors (Lipinski definition) is 8. The molecule has 0 aliphatic heterocycles. The van der Waals surface area contributed by atoms with Gasteiger partial charge in [-0.2, -0.15) is 0 Å². The molecule has 4 N–H and O–H groups in total. The SMILES string of the molecule is O=C(OCc1ccccc1)C1=c2[nH]c(c3ccccc23)=C(C(=O)OCc2ccccc2)c2[nH]c(c3ccccc23)C(C(=O)OCc2ccccc2)=c2[nH]c(c3ccccc23)=C(C(=O)OCc2ccccc2)c2[nH]c1c1ccccc21. The van der Waals surface area contributed by atoms with Crippen molar-refractivity contribution in [3.8, 4) is 0 Å². The number of H-pyrrole nitrogens is 4. The second kappa shape index (κ2) is 21.0. The van der Waals surface area contributed by atoms with Gasteiger partial charge >= 0.3 is 23.9 Å². The summed E-state index contributed by atoms with van der Waals surface area (Å²) >= 11 is 0. The summed E-state index contributed by atoms with van der Waals surface area (Å²) in [5.41, 5.74) is 4.72. The van der Waals surface area contributed by atoms with Gasteiger partial charge in [-0.15, -0.1) is 0 Å². The lowest BCUT2D eigenvalue weighted by atomic mass is 10.0. The van der Waals surface area contributed by atoms with E-state index >= 15 is 19.2 Å². The molecule has 1 aliphatic carbocycles. The Morgan fingerprint density at radius 1 is 0.237 bits per heavy atom. The van der Waals surface area contributed by atoms with E-state index in [1.54, 1.807) is 0 Å². The fraction of sp³-hybridized carbons (Fsp3) is 0.0588. The molecule has 0 unspecified atom stereocenters. The van der Waals surface area contributed by atoms with Gasteiger partial charge in [-0.05, 0) is 22.3 Å². The van der Waals surface area contributed by atoms with E-state index < -0.39 is 23.9 Å². The lowest BCUT2D eigenvalue weighted by Crippen LogP contribution is -2.26. The number of esters is 4. The quantitative estimate of drug-likeness (QED) is 0.0693. The summed E-state index contributed by atoms with van der Waals surface area (Å²) in [6.45, 7) is -0.247. The Labute approximate surface area is 456 Å². The Kier molecular flexibility index (Phi) is 12.8. The monoisotopic (exact) mass is 1050 g/mol. The van der Waals surface area contributed by atoms with Crippen molar-refractivity contribution in [3.05, 3.63) is 285 Å². The van der Waals surface area contributed by atoms with Crippen LogP contribution in [0.5, 0.6) is 0 Å². The van der Waals surface area contributed by atoms with Crippen molar-refractivity contribution < 1.29 is 38.1 Å². The van der Waals surface area contributed by atoms with Crippen molar-refractivity contribution in [3.63, 3.8) is 0 Å². The van der Waals surface area contributed by atoms with Crippen molar-refractivity contribution in [1.82, 2.24) is 19.9 Å². The van der Waals surface area contributed by atoms with Gasteiger partial charge in [0.1, 0.15) is 48.7 Å². The third-order valence-electron chi connectivity index (χ3n) is 14.5. The van der Waals surface area contributed by atoms with Gasteiger partial charge in [-0.1, -0.05) is 218 Å². The van der Waals surface area contributed by atoms with Gasteiger partial charge in [0, 0.05) is 43.1 Å². The average Bonchev–Trinajstić information content (AvgIpc) is 4.44. The Bertz CT molecular complexity index is 4080. The van der Waals surface area contributed by atoms with Crippen LogP contribution in [-0.2, 0) is 64.6 Å². The zero-order valence-electron chi connectivity index (χ0n) is 42.9. The summed E-state index contributed by atoms with van der Waals surface area (Å²) in [7, 11) is 0. The molecule has 4 heterocycles. The van der Waals surface area contributed by atoms with Crippen molar-refractivity contribution in [2.75, 3.05) is 0 Å². The summed E-state index contributed by atoms with van der Waals surface area (Å²) in [5, 5.41) is 5.88. The minimum Gasteiger partial charge on any atom is -0.457 e. The minimum absolute atomic E-state index is 0.0619. The molecule has 0 fully saturated rings. The highest BCUT2D eigenvalue weighted by Crippen LogP contribution is 2.35. The molecule has 0 saturated carbocycles. The molecular formula is C68H48N4O8. The number of hydrogen-bond donors (Lipinski definition) is 4. The smallest absolute Gasteiger partial charge is 0.342 e. The van der Waals surface area contributed by atoms with E-state index in [9.17, 15) is 0 Å². The van der Waals surface area contributed by atoms with Crippen molar-refractivity contribution in [2.45, 2.75) is 26.4 Å². The number of ether oxygens (including phenoxy) is 4. The van der Waals surface area contributed by atoms with E-state index in [2.05, 4.69) is 19.9 Å². The number of nitrogens with one attached hydrogen (secondary N) is 4. The van der Waals surface area contributed by atoms with E-state index in [0.717, 1.165) is 22.3 Å². The van der Waals surface area contributed by atoms with Crippen LogP contribution in [0.25, 0.3) is 65.4 Å². The van der Waals surface area contributed by atoms with E-state index in [1.807, 2.05) is 218 Å². The molecule has 12 aromatic rings. The maximum atomic E-state index is 15.5. The van der Waals surface area contributed by atoms with Gasteiger partial charge in [0.05, 0.1) is 44.2 Å². The molecular weight excluding hydrogens is 1000 g/mol. The maximum absolute atomic E-state index is 15.5. The first kappa shape index (κ1) is 48.9. The van der Waals surface area contributed by atoms with E-state index in [4.69, 9.17) is 18.9 Å². The summed E-state index contributed by atoms with van der Waals surface area (Å²) < 4.78 is 25.2. The maximum Gasteiger partial charge on any atom is 0.342 e. The van der Waals surface area contributed by atoms with Crippen LogP contribution in [0.2, 0.25) is 0 Å². The fourth-order valence-corrected chi connectivity index (χ4v) is 10.8. The molecule has 4 aromatic heterocycles. The van der Waals surface area contributed by atoms with Crippen LogP contribution in [0.3, 0.4) is 0 Å². The van der Waals surface area contributed by atoms with Crippen LogP contribution < -0.4 is 21.4 Å². The second-order valence-corrected chi connectivity index (χ2v) is 19.4. The second-order valence-electron chi connectivity index (χ2n) is 19.4. The van der Waals surface area contributed by atoms with Crippen LogP contribution in [0.1, 0.15) is 45.0 Å². The first-order valence-corrected chi connectivity index (χ1v) is 26.2. The summed E-state index contributed by atoms with van der Waals surface area (Å²) in [6.07, 6.45) is 0. The van der Waals surface area contributed by atoms with Gasteiger partial charge < -0.3 is 38.9 Å². The molecule has 12 nitrogen and oxygen atoms in total. The van der Waals surface area contributed by atoms with Crippen LogP contribution in [0.4, 0.5) is 0 Å². The molecule has 12 heteroatoms. The average molecular weight is 1050 g/mol. The van der Waals surface area contributed by atoms with Gasteiger partial charge in [0.25, 0.3) is 0 Å². The van der Waals surface area contributed by atoms with Gasteiger partial charge in [0.15, 0.2) is 0 Å². The molecule has 80 heavy (non-hydrogen) atoms. The molecule has 0 radical (unpaired) electrons. The van der Waals surface area contributed by atoms with Crippen LogP contribution in [0, 0.1) is 0 Å². The highest BCUT2D eigenvalue weighted by Gasteiger charge is 2.32. The normalized spacial score (nSPS) is 12.3. The number of benzene rings is 8. The highest BCUT2D eigenvalue weighted by atomic mass is 16.5. The molecule has 388 valence electrons. The van der Waals surface area contributed by atoms with Crippen molar-refractivity contribution >= 4 is 89.3 Å². The number of carbonyl (C=O) groups is 4. The Morgan fingerprint density at radius 2 is 0.425 bits per heavy atom. The first-order valence-electron chi connectivity index (χ1n) is 26.2. The molecule has 8 bridgehead atoms. The first-order chi connectivity index (χ1) is 39.4. The van der Waals surface area contributed by atoms with Crippen LogP contribution in [0.15, 0.2) is 218 Å². The molecule has 0 saturated heterocycles. The van der Waals surface area contributed by atoms with Crippen molar-refractivity contribution in [1.29, 1.82) is 0 Å². The number of aromatic nitrogens is 4. The molecule has 1 aliphatic rings. The number of carbonyl (C=O) groups excluding carboxylic acids is 4. The van der Waals surface area contributed by atoms with Gasteiger partial charge in [-0.25, -0.2) is 19.2 Å². The van der Waals surface area contributed by atoms with Crippen molar-refractivity contribution in [2.24, 2.45) is 0 Å². The molecule has 0 atom stereocenters. The largest absolute Gasteiger partial charge is 0.457 e. The zero-order valence-corrected chi connectivity index (χ0v) is 42.9.